The highest BCUT2D eigenvalue weighted by Crippen LogP contribution is 2.27. The van der Waals surface area contributed by atoms with Crippen molar-refractivity contribution in [1.82, 2.24) is 4.98 Å². The number of ether oxygens (including phenoxy) is 1. The average molecular weight is 416 g/mol. The predicted octanol–water partition coefficient (Wildman–Crippen LogP) is 8.20. The zero-order chi connectivity index (χ0) is 21.9. The highest BCUT2D eigenvalue weighted by molar-refractivity contribution is 5.64. The van der Waals surface area contributed by atoms with Crippen LogP contribution >= 0.6 is 0 Å². The lowest BCUT2D eigenvalue weighted by atomic mass is 9.94. The first kappa shape index (κ1) is 23.1. The van der Waals surface area contributed by atoms with Gasteiger partial charge in [0, 0.05) is 17.8 Å². The summed E-state index contributed by atoms with van der Waals surface area (Å²) in [6.45, 7) is 7.46. The summed E-state index contributed by atoms with van der Waals surface area (Å²) in [4.78, 5) is 4.76. The molecule has 0 saturated heterocycles. The molecule has 1 aromatic heterocycles. The number of unbranched alkanes of at least 4 members (excludes halogenated alkanes) is 4. The molecule has 164 valence electrons. The molecule has 2 heteroatoms. The molecular formula is C29H37NO. The molecule has 0 aliphatic heterocycles. The zero-order valence-corrected chi connectivity index (χ0v) is 19.4. The first-order valence-electron chi connectivity index (χ1n) is 12.0. The lowest BCUT2D eigenvalue weighted by Gasteiger charge is -2.13. The summed E-state index contributed by atoms with van der Waals surface area (Å²) in [5.41, 5.74) is 6.23. The molecule has 3 rings (SSSR count). The summed E-state index contributed by atoms with van der Waals surface area (Å²) in [7, 11) is 0. The third-order valence-corrected chi connectivity index (χ3v) is 5.98. The van der Waals surface area contributed by atoms with E-state index in [0.29, 0.717) is 0 Å². The molecule has 31 heavy (non-hydrogen) atoms. The van der Waals surface area contributed by atoms with E-state index in [-0.39, 0.29) is 5.92 Å². The Morgan fingerprint density at radius 1 is 0.742 bits per heavy atom. The second kappa shape index (κ2) is 12.3. The van der Waals surface area contributed by atoms with E-state index in [1.807, 2.05) is 0 Å². The van der Waals surface area contributed by atoms with Crippen molar-refractivity contribution >= 4 is 0 Å². The number of aryl methyl sites for hydroxylation is 1. The van der Waals surface area contributed by atoms with Gasteiger partial charge in [-0.05, 0) is 59.7 Å². The molecule has 0 fully saturated rings. The van der Waals surface area contributed by atoms with E-state index in [2.05, 4.69) is 87.6 Å². The van der Waals surface area contributed by atoms with Crippen LogP contribution in [0.2, 0.25) is 0 Å². The number of pyridine rings is 1. The molecule has 0 aliphatic carbocycles. The van der Waals surface area contributed by atoms with E-state index in [1.165, 1.54) is 47.9 Å². The second-order valence-electron chi connectivity index (χ2n) is 8.47. The maximum absolute atomic E-state index is 5.77. The second-order valence-corrected chi connectivity index (χ2v) is 8.47. The SMILES string of the molecule is CCCCCCc1ccc(C(C)c2ccc(-c3ccc(OCCCC)cc3)cc2)nc1. The van der Waals surface area contributed by atoms with Gasteiger partial charge in [-0.2, -0.15) is 0 Å². The van der Waals surface area contributed by atoms with Gasteiger partial charge in [-0.25, -0.2) is 0 Å². The minimum absolute atomic E-state index is 0.289. The third kappa shape index (κ3) is 6.95. The van der Waals surface area contributed by atoms with Gasteiger partial charge < -0.3 is 4.74 Å². The Balaban J connectivity index is 1.59. The number of hydrogen-bond acceptors (Lipinski definition) is 2. The quantitative estimate of drug-likeness (QED) is 0.278. The Bertz CT molecular complexity index is 882. The summed E-state index contributed by atoms with van der Waals surface area (Å²) >= 11 is 0. The first-order chi connectivity index (χ1) is 15.2. The highest BCUT2D eigenvalue weighted by Gasteiger charge is 2.10. The van der Waals surface area contributed by atoms with Crippen LogP contribution in [0.15, 0.2) is 66.9 Å². The Morgan fingerprint density at radius 3 is 2.03 bits per heavy atom. The summed E-state index contributed by atoms with van der Waals surface area (Å²) in [6.07, 6.45) is 10.6. The fourth-order valence-corrected chi connectivity index (χ4v) is 3.81. The van der Waals surface area contributed by atoms with Gasteiger partial charge in [-0.3, -0.25) is 4.98 Å². The van der Waals surface area contributed by atoms with Crippen LogP contribution in [0.4, 0.5) is 0 Å². The number of aromatic nitrogens is 1. The molecule has 0 saturated carbocycles. The largest absolute Gasteiger partial charge is 0.494 e. The monoisotopic (exact) mass is 415 g/mol. The lowest BCUT2D eigenvalue weighted by Crippen LogP contribution is -2.00. The van der Waals surface area contributed by atoms with Crippen molar-refractivity contribution < 1.29 is 4.74 Å². The van der Waals surface area contributed by atoms with Crippen LogP contribution in [0.5, 0.6) is 5.75 Å². The molecule has 0 aliphatic rings. The normalized spacial score (nSPS) is 12.0. The molecular weight excluding hydrogens is 378 g/mol. The Hall–Kier alpha value is -2.61. The van der Waals surface area contributed by atoms with Gasteiger partial charge in [0.1, 0.15) is 5.75 Å². The molecule has 3 aromatic rings. The van der Waals surface area contributed by atoms with E-state index >= 15 is 0 Å². The molecule has 1 heterocycles. The summed E-state index contributed by atoms with van der Waals surface area (Å²) in [6, 6.07) is 21.7. The van der Waals surface area contributed by atoms with Gasteiger partial charge in [-0.1, -0.05) is 88.9 Å². The van der Waals surface area contributed by atoms with E-state index in [0.717, 1.165) is 37.3 Å². The van der Waals surface area contributed by atoms with Gasteiger partial charge in [0.05, 0.1) is 6.61 Å². The molecule has 0 spiro atoms. The Labute approximate surface area is 188 Å². The van der Waals surface area contributed by atoms with Crippen molar-refractivity contribution in [2.24, 2.45) is 0 Å². The van der Waals surface area contributed by atoms with Crippen molar-refractivity contribution in [2.45, 2.75) is 71.6 Å². The van der Waals surface area contributed by atoms with Crippen molar-refractivity contribution in [2.75, 3.05) is 6.61 Å². The molecule has 2 nitrogen and oxygen atoms in total. The topological polar surface area (TPSA) is 22.1 Å². The van der Waals surface area contributed by atoms with Crippen LogP contribution in [-0.2, 0) is 6.42 Å². The summed E-state index contributed by atoms with van der Waals surface area (Å²) < 4.78 is 5.77. The van der Waals surface area contributed by atoms with Crippen LogP contribution in [0, 0.1) is 0 Å². The van der Waals surface area contributed by atoms with Crippen molar-refractivity contribution in [3.05, 3.63) is 83.7 Å². The molecule has 0 N–H and O–H groups in total. The van der Waals surface area contributed by atoms with Crippen LogP contribution in [-0.4, -0.2) is 11.6 Å². The van der Waals surface area contributed by atoms with Crippen LogP contribution < -0.4 is 4.74 Å². The Morgan fingerprint density at radius 2 is 1.42 bits per heavy atom. The molecule has 0 amide bonds. The third-order valence-electron chi connectivity index (χ3n) is 5.98. The van der Waals surface area contributed by atoms with E-state index in [1.54, 1.807) is 0 Å². The van der Waals surface area contributed by atoms with Crippen molar-refractivity contribution in [3.63, 3.8) is 0 Å². The maximum atomic E-state index is 5.77. The predicted molar refractivity (Wildman–Crippen MR) is 132 cm³/mol. The van der Waals surface area contributed by atoms with Gasteiger partial charge in [-0.15, -0.1) is 0 Å². The zero-order valence-electron chi connectivity index (χ0n) is 19.4. The van der Waals surface area contributed by atoms with Gasteiger partial charge in [0.25, 0.3) is 0 Å². The van der Waals surface area contributed by atoms with Crippen LogP contribution in [0.3, 0.4) is 0 Å². The molecule has 1 unspecified atom stereocenters. The molecule has 1 atom stereocenters. The van der Waals surface area contributed by atoms with Gasteiger partial charge in [0.2, 0.25) is 0 Å². The van der Waals surface area contributed by atoms with E-state index in [9.17, 15) is 0 Å². The average Bonchev–Trinajstić information content (AvgIpc) is 2.83. The van der Waals surface area contributed by atoms with Crippen LogP contribution in [0.1, 0.15) is 82.0 Å². The highest BCUT2D eigenvalue weighted by atomic mass is 16.5. The number of nitrogens with zero attached hydrogens (tertiary/aromatic N) is 1. The lowest BCUT2D eigenvalue weighted by molar-refractivity contribution is 0.309. The Kier molecular flexibility index (Phi) is 9.15. The molecule has 0 bridgehead atoms. The maximum Gasteiger partial charge on any atom is 0.119 e. The fraction of sp³-hybridized carbons (Fsp3) is 0.414. The smallest absolute Gasteiger partial charge is 0.119 e. The number of benzene rings is 2. The summed E-state index contributed by atoms with van der Waals surface area (Å²) in [5, 5.41) is 0. The van der Waals surface area contributed by atoms with Gasteiger partial charge >= 0.3 is 0 Å². The minimum Gasteiger partial charge on any atom is -0.494 e. The summed E-state index contributed by atoms with van der Waals surface area (Å²) in [5.74, 6) is 1.24. The van der Waals surface area contributed by atoms with E-state index in [4.69, 9.17) is 9.72 Å². The number of hydrogen-bond donors (Lipinski definition) is 0. The first-order valence-corrected chi connectivity index (χ1v) is 12.0. The van der Waals surface area contributed by atoms with E-state index < -0.39 is 0 Å². The molecule has 0 radical (unpaired) electrons. The molecule has 2 aromatic carbocycles. The minimum atomic E-state index is 0.289. The van der Waals surface area contributed by atoms with Crippen molar-refractivity contribution in [3.8, 4) is 16.9 Å². The van der Waals surface area contributed by atoms with Crippen molar-refractivity contribution in [1.29, 1.82) is 0 Å². The number of rotatable bonds is 12. The van der Waals surface area contributed by atoms with Crippen LogP contribution in [0.25, 0.3) is 11.1 Å². The fourth-order valence-electron chi connectivity index (χ4n) is 3.81. The van der Waals surface area contributed by atoms with Gasteiger partial charge in [0.15, 0.2) is 0 Å². The standard InChI is InChI=1S/C29H37NO/c1-4-6-8-9-10-24-11-20-29(30-22-24)23(3)25-12-14-26(15-13-25)27-16-18-28(19-17-27)31-21-7-5-2/h11-20,22-23H,4-10,21H2,1-3H3.